The zero-order chi connectivity index (χ0) is 11.7. The van der Waals surface area contributed by atoms with Crippen LogP contribution in [0.5, 0.6) is 0 Å². The zero-order valence-corrected chi connectivity index (χ0v) is 9.73. The van der Waals surface area contributed by atoms with Crippen molar-refractivity contribution in [1.82, 2.24) is 15.1 Å². The molecule has 2 unspecified atom stereocenters. The molecule has 5 heteroatoms. The van der Waals surface area contributed by atoms with Gasteiger partial charge in [-0.15, -0.1) is 0 Å². The van der Waals surface area contributed by atoms with E-state index in [0.29, 0.717) is 5.69 Å². The number of aryl methyl sites for hydroxylation is 2. The quantitative estimate of drug-likeness (QED) is 0.757. The van der Waals surface area contributed by atoms with Crippen molar-refractivity contribution in [2.24, 2.45) is 12.8 Å². The largest absolute Gasteiger partial charge is 0.346 e. The Balaban J connectivity index is 2.05. The summed E-state index contributed by atoms with van der Waals surface area (Å²) in [5.41, 5.74) is 7.36. The molecule has 0 aromatic carbocycles. The minimum absolute atomic E-state index is 0.0783. The van der Waals surface area contributed by atoms with Crippen LogP contribution in [-0.2, 0) is 7.05 Å². The normalized spacial score (nSPS) is 24.7. The van der Waals surface area contributed by atoms with Crippen LogP contribution in [0.15, 0.2) is 6.07 Å². The van der Waals surface area contributed by atoms with Crippen LogP contribution < -0.4 is 11.1 Å². The minimum Gasteiger partial charge on any atom is -0.346 e. The number of nitrogens with zero attached hydrogens (tertiary/aromatic N) is 2. The Morgan fingerprint density at radius 2 is 2.38 bits per heavy atom. The van der Waals surface area contributed by atoms with Crippen molar-refractivity contribution >= 4 is 5.91 Å². The number of nitrogens with one attached hydrogen (secondary N) is 1. The number of carbonyl (C=O) groups is 1. The van der Waals surface area contributed by atoms with E-state index in [-0.39, 0.29) is 18.0 Å². The van der Waals surface area contributed by atoms with Gasteiger partial charge in [-0.3, -0.25) is 9.48 Å². The summed E-state index contributed by atoms with van der Waals surface area (Å²) in [5, 5.41) is 7.12. The molecular formula is C11H18N4O. The summed E-state index contributed by atoms with van der Waals surface area (Å²) in [7, 11) is 1.77. The van der Waals surface area contributed by atoms with Crippen LogP contribution in [0.2, 0.25) is 0 Å². The van der Waals surface area contributed by atoms with E-state index in [2.05, 4.69) is 10.4 Å². The van der Waals surface area contributed by atoms with Crippen molar-refractivity contribution in [1.29, 1.82) is 0 Å². The van der Waals surface area contributed by atoms with Crippen molar-refractivity contribution in [3.05, 3.63) is 17.5 Å². The lowest BCUT2D eigenvalue weighted by molar-refractivity contribution is 0.0925. The van der Waals surface area contributed by atoms with Crippen molar-refractivity contribution in [2.45, 2.75) is 38.3 Å². The Bertz CT molecular complexity index is 399. The summed E-state index contributed by atoms with van der Waals surface area (Å²) in [6.07, 6.45) is 3.07. The summed E-state index contributed by atoms with van der Waals surface area (Å²) in [5.74, 6) is -0.0783. The summed E-state index contributed by atoms with van der Waals surface area (Å²) >= 11 is 0. The molecule has 0 saturated heterocycles. The van der Waals surface area contributed by atoms with Crippen molar-refractivity contribution in [2.75, 3.05) is 0 Å². The molecule has 5 nitrogen and oxygen atoms in total. The highest BCUT2D eigenvalue weighted by Crippen LogP contribution is 2.17. The number of hydrogen-bond acceptors (Lipinski definition) is 3. The van der Waals surface area contributed by atoms with E-state index in [9.17, 15) is 4.79 Å². The fraction of sp³-hybridized carbons (Fsp3) is 0.636. The van der Waals surface area contributed by atoms with E-state index in [1.165, 1.54) is 0 Å². The van der Waals surface area contributed by atoms with Gasteiger partial charge in [0.1, 0.15) is 5.69 Å². The van der Waals surface area contributed by atoms with Gasteiger partial charge in [0.2, 0.25) is 0 Å². The summed E-state index contributed by atoms with van der Waals surface area (Å²) in [6.45, 7) is 1.87. The molecule has 0 radical (unpaired) electrons. The molecule has 3 N–H and O–H groups in total. The molecule has 0 spiro atoms. The van der Waals surface area contributed by atoms with Crippen LogP contribution in [0, 0.1) is 6.92 Å². The van der Waals surface area contributed by atoms with E-state index in [1.807, 2.05) is 6.92 Å². The molecule has 1 saturated carbocycles. The standard InChI is InChI=1S/C11H18N4O/c1-7-6-10(15(2)14-7)11(16)13-9-5-3-4-8(9)12/h6,8-9H,3-5,12H2,1-2H3,(H,13,16). The molecule has 88 valence electrons. The van der Waals surface area contributed by atoms with Crippen LogP contribution >= 0.6 is 0 Å². The highest BCUT2D eigenvalue weighted by molar-refractivity contribution is 5.92. The summed E-state index contributed by atoms with van der Waals surface area (Å²) in [6, 6.07) is 2.00. The smallest absolute Gasteiger partial charge is 0.269 e. The molecule has 1 heterocycles. The molecule has 2 rings (SSSR count). The van der Waals surface area contributed by atoms with Gasteiger partial charge >= 0.3 is 0 Å². The molecule has 1 aliphatic rings. The maximum Gasteiger partial charge on any atom is 0.269 e. The van der Waals surface area contributed by atoms with E-state index < -0.39 is 0 Å². The maximum absolute atomic E-state index is 12.0. The Morgan fingerprint density at radius 3 is 2.88 bits per heavy atom. The SMILES string of the molecule is Cc1cc(C(=O)NC2CCCC2N)n(C)n1. The van der Waals surface area contributed by atoms with Crippen LogP contribution in [0.25, 0.3) is 0 Å². The van der Waals surface area contributed by atoms with E-state index >= 15 is 0 Å². The first-order valence-electron chi connectivity index (χ1n) is 5.65. The highest BCUT2D eigenvalue weighted by Gasteiger charge is 2.26. The van der Waals surface area contributed by atoms with Gasteiger partial charge in [0.05, 0.1) is 5.69 Å². The van der Waals surface area contributed by atoms with Gasteiger partial charge in [-0.25, -0.2) is 0 Å². The van der Waals surface area contributed by atoms with Gasteiger partial charge < -0.3 is 11.1 Å². The van der Waals surface area contributed by atoms with Crippen LogP contribution in [-0.4, -0.2) is 27.8 Å². The third-order valence-corrected chi connectivity index (χ3v) is 3.12. The molecular weight excluding hydrogens is 204 g/mol. The molecule has 1 aromatic heterocycles. The van der Waals surface area contributed by atoms with Crippen LogP contribution in [0.3, 0.4) is 0 Å². The minimum atomic E-state index is -0.0783. The van der Waals surface area contributed by atoms with Crippen molar-refractivity contribution in [3.8, 4) is 0 Å². The second-order valence-corrected chi connectivity index (χ2v) is 4.47. The fourth-order valence-corrected chi connectivity index (χ4v) is 2.23. The predicted octanol–water partition coefficient (Wildman–Crippen LogP) is 0.338. The van der Waals surface area contributed by atoms with E-state index in [1.54, 1.807) is 17.8 Å². The predicted molar refractivity (Wildman–Crippen MR) is 61.0 cm³/mol. The maximum atomic E-state index is 12.0. The third-order valence-electron chi connectivity index (χ3n) is 3.12. The summed E-state index contributed by atoms with van der Waals surface area (Å²) < 4.78 is 1.60. The number of rotatable bonds is 2. The van der Waals surface area contributed by atoms with Crippen molar-refractivity contribution in [3.63, 3.8) is 0 Å². The number of aromatic nitrogens is 2. The van der Waals surface area contributed by atoms with Gasteiger partial charge in [-0.05, 0) is 32.3 Å². The Labute approximate surface area is 95.0 Å². The zero-order valence-electron chi connectivity index (χ0n) is 9.73. The molecule has 0 aliphatic heterocycles. The molecule has 1 fully saturated rings. The second-order valence-electron chi connectivity index (χ2n) is 4.47. The van der Waals surface area contributed by atoms with Gasteiger partial charge in [0, 0.05) is 19.1 Å². The molecule has 1 aliphatic carbocycles. The Morgan fingerprint density at radius 1 is 1.62 bits per heavy atom. The molecule has 1 amide bonds. The van der Waals surface area contributed by atoms with Crippen LogP contribution in [0.4, 0.5) is 0 Å². The molecule has 0 bridgehead atoms. The topological polar surface area (TPSA) is 72.9 Å². The van der Waals surface area contributed by atoms with Gasteiger partial charge in [0.15, 0.2) is 0 Å². The average Bonchev–Trinajstić information content (AvgIpc) is 2.74. The number of hydrogen-bond donors (Lipinski definition) is 2. The van der Waals surface area contributed by atoms with E-state index in [4.69, 9.17) is 5.73 Å². The number of carbonyl (C=O) groups excluding carboxylic acids is 1. The first-order valence-corrected chi connectivity index (χ1v) is 5.65. The number of nitrogens with two attached hydrogens (primary N) is 1. The third kappa shape index (κ3) is 2.09. The Hall–Kier alpha value is -1.36. The lowest BCUT2D eigenvalue weighted by atomic mass is 10.2. The van der Waals surface area contributed by atoms with Crippen LogP contribution in [0.1, 0.15) is 35.4 Å². The second kappa shape index (κ2) is 4.25. The number of amides is 1. The lowest BCUT2D eigenvalue weighted by Crippen LogP contribution is -2.44. The Kier molecular flexibility index (Phi) is 2.96. The summed E-state index contributed by atoms with van der Waals surface area (Å²) in [4.78, 5) is 12.0. The average molecular weight is 222 g/mol. The molecule has 1 aromatic rings. The first kappa shape index (κ1) is 11.1. The molecule has 2 atom stereocenters. The van der Waals surface area contributed by atoms with Crippen molar-refractivity contribution < 1.29 is 4.79 Å². The van der Waals surface area contributed by atoms with Gasteiger partial charge in [0.25, 0.3) is 5.91 Å². The van der Waals surface area contributed by atoms with E-state index in [0.717, 1.165) is 25.0 Å². The first-order chi connectivity index (χ1) is 7.58. The highest BCUT2D eigenvalue weighted by atomic mass is 16.2. The lowest BCUT2D eigenvalue weighted by Gasteiger charge is -2.16. The monoisotopic (exact) mass is 222 g/mol. The van der Waals surface area contributed by atoms with Gasteiger partial charge in [-0.1, -0.05) is 0 Å². The molecule has 16 heavy (non-hydrogen) atoms. The van der Waals surface area contributed by atoms with Gasteiger partial charge in [-0.2, -0.15) is 5.10 Å². The fourth-order valence-electron chi connectivity index (χ4n) is 2.23.